The zero-order valence-electron chi connectivity index (χ0n) is 8.68. The summed E-state index contributed by atoms with van der Waals surface area (Å²) in [6, 6.07) is 4.02. The predicted octanol–water partition coefficient (Wildman–Crippen LogP) is 1.77. The summed E-state index contributed by atoms with van der Waals surface area (Å²) >= 11 is 0. The number of anilines is 1. The molecule has 0 radical (unpaired) electrons. The third kappa shape index (κ3) is 2.09. The fourth-order valence-corrected chi connectivity index (χ4v) is 1.72. The monoisotopic (exact) mass is 206 g/mol. The Morgan fingerprint density at radius 1 is 1.60 bits per heavy atom. The average molecular weight is 206 g/mol. The van der Waals surface area contributed by atoms with Crippen LogP contribution in [0, 0.1) is 0 Å². The normalized spacial score (nSPS) is 15.0. The first-order chi connectivity index (χ1) is 7.22. The standard InChI is InChI=1S/C11H14N2O2/c1-2-13(8-3-4-8)9-5-6-10(11(14)15)12-7-9/h5-8H,2-4H2,1H3,(H,14,15). The van der Waals surface area contributed by atoms with Crippen molar-refractivity contribution in [1.82, 2.24) is 4.98 Å². The van der Waals surface area contributed by atoms with E-state index in [1.807, 2.05) is 6.07 Å². The van der Waals surface area contributed by atoms with Crippen molar-refractivity contribution < 1.29 is 9.90 Å². The van der Waals surface area contributed by atoms with Gasteiger partial charge >= 0.3 is 5.97 Å². The molecule has 2 rings (SSSR count). The number of hydrogen-bond acceptors (Lipinski definition) is 3. The van der Waals surface area contributed by atoms with Crippen LogP contribution in [-0.2, 0) is 0 Å². The lowest BCUT2D eigenvalue weighted by Crippen LogP contribution is -2.25. The lowest BCUT2D eigenvalue weighted by Gasteiger charge is -2.22. The van der Waals surface area contributed by atoms with Gasteiger partial charge in [-0.15, -0.1) is 0 Å². The van der Waals surface area contributed by atoms with Crippen LogP contribution in [0.3, 0.4) is 0 Å². The van der Waals surface area contributed by atoms with E-state index in [9.17, 15) is 4.79 Å². The van der Waals surface area contributed by atoms with Crippen molar-refractivity contribution >= 4 is 11.7 Å². The summed E-state index contributed by atoms with van der Waals surface area (Å²) in [5.74, 6) is -0.976. The maximum atomic E-state index is 10.6. The Balaban J connectivity index is 2.17. The van der Waals surface area contributed by atoms with E-state index in [2.05, 4.69) is 16.8 Å². The van der Waals surface area contributed by atoms with E-state index in [-0.39, 0.29) is 5.69 Å². The van der Waals surface area contributed by atoms with Crippen LogP contribution in [0.25, 0.3) is 0 Å². The van der Waals surface area contributed by atoms with Crippen LogP contribution in [0.2, 0.25) is 0 Å². The molecular weight excluding hydrogens is 192 g/mol. The second kappa shape index (κ2) is 3.88. The predicted molar refractivity (Wildman–Crippen MR) is 57.2 cm³/mol. The molecule has 0 saturated heterocycles. The van der Waals surface area contributed by atoms with Crippen LogP contribution in [0.1, 0.15) is 30.3 Å². The molecule has 0 unspecified atom stereocenters. The highest BCUT2D eigenvalue weighted by Crippen LogP contribution is 2.30. The SMILES string of the molecule is CCN(c1ccc(C(=O)O)nc1)C1CC1. The Bertz CT molecular complexity index is 357. The highest BCUT2D eigenvalue weighted by atomic mass is 16.4. The fraction of sp³-hybridized carbons (Fsp3) is 0.455. The minimum atomic E-state index is -0.976. The van der Waals surface area contributed by atoms with Gasteiger partial charge in [0.05, 0.1) is 11.9 Å². The van der Waals surface area contributed by atoms with Crippen LogP contribution in [-0.4, -0.2) is 28.6 Å². The highest BCUT2D eigenvalue weighted by molar-refractivity contribution is 5.85. The minimum Gasteiger partial charge on any atom is -0.477 e. The first-order valence-corrected chi connectivity index (χ1v) is 5.18. The molecule has 4 nitrogen and oxygen atoms in total. The maximum Gasteiger partial charge on any atom is 0.354 e. The van der Waals surface area contributed by atoms with Crippen molar-refractivity contribution in [2.75, 3.05) is 11.4 Å². The number of rotatable bonds is 4. The smallest absolute Gasteiger partial charge is 0.354 e. The summed E-state index contributed by atoms with van der Waals surface area (Å²) in [7, 11) is 0. The molecule has 1 heterocycles. The van der Waals surface area contributed by atoms with Crippen molar-refractivity contribution in [2.24, 2.45) is 0 Å². The molecule has 1 aromatic rings. The summed E-state index contributed by atoms with van der Waals surface area (Å²) in [6.45, 7) is 3.04. The highest BCUT2D eigenvalue weighted by Gasteiger charge is 2.28. The molecule has 15 heavy (non-hydrogen) atoms. The van der Waals surface area contributed by atoms with Gasteiger partial charge in [0, 0.05) is 12.6 Å². The number of pyridine rings is 1. The van der Waals surface area contributed by atoms with E-state index in [1.165, 1.54) is 12.8 Å². The quantitative estimate of drug-likeness (QED) is 0.815. The fourth-order valence-electron chi connectivity index (χ4n) is 1.72. The van der Waals surface area contributed by atoms with Crippen LogP contribution >= 0.6 is 0 Å². The van der Waals surface area contributed by atoms with Gasteiger partial charge in [-0.3, -0.25) is 0 Å². The number of carboxylic acid groups (broad SMARTS) is 1. The molecule has 1 fully saturated rings. The molecule has 1 aliphatic carbocycles. The van der Waals surface area contributed by atoms with Crippen molar-refractivity contribution in [3.63, 3.8) is 0 Å². The van der Waals surface area contributed by atoms with Crippen molar-refractivity contribution in [1.29, 1.82) is 0 Å². The maximum absolute atomic E-state index is 10.6. The summed E-state index contributed by atoms with van der Waals surface area (Å²) in [5, 5.41) is 8.72. The van der Waals surface area contributed by atoms with Crippen molar-refractivity contribution in [3.8, 4) is 0 Å². The average Bonchev–Trinajstić information content (AvgIpc) is 3.04. The van der Waals surface area contributed by atoms with E-state index < -0.39 is 5.97 Å². The van der Waals surface area contributed by atoms with Gasteiger partial charge in [-0.25, -0.2) is 9.78 Å². The molecule has 80 valence electrons. The van der Waals surface area contributed by atoms with Gasteiger partial charge in [0.15, 0.2) is 0 Å². The van der Waals surface area contributed by atoms with E-state index in [0.29, 0.717) is 6.04 Å². The van der Waals surface area contributed by atoms with Crippen molar-refractivity contribution in [3.05, 3.63) is 24.0 Å². The summed E-state index contributed by atoms with van der Waals surface area (Å²) in [4.78, 5) is 16.8. The summed E-state index contributed by atoms with van der Waals surface area (Å²) < 4.78 is 0. The molecule has 1 saturated carbocycles. The van der Waals surface area contributed by atoms with Crippen LogP contribution in [0.15, 0.2) is 18.3 Å². The number of aromatic nitrogens is 1. The number of hydrogen-bond donors (Lipinski definition) is 1. The van der Waals surface area contributed by atoms with E-state index in [0.717, 1.165) is 12.2 Å². The molecule has 0 aromatic carbocycles. The van der Waals surface area contributed by atoms with Gasteiger partial charge in [0.25, 0.3) is 0 Å². The van der Waals surface area contributed by atoms with Crippen LogP contribution in [0.4, 0.5) is 5.69 Å². The molecular formula is C11H14N2O2. The zero-order chi connectivity index (χ0) is 10.8. The number of carboxylic acids is 1. The molecule has 1 aromatic heterocycles. The molecule has 0 spiro atoms. The minimum absolute atomic E-state index is 0.102. The topological polar surface area (TPSA) is 53.4 Å². The second-order valence-corrected chi connectivity index (χ2v) is 3.72. The molecule has 0 amide bonds. The molecule has 4 heteroatoms. The van der Waals surface area contributed by atoms with E-state index in [1.54, 1.807) is 12.3 Å². The lowest BCUT2D eigenvalue weighted by molar-refractivity contribution is 0.0690. The Kier molecular flexibility index (Phi) is 2.58. The Hall–Kier alpha value is -1.58. The third-order valence-electron chi connectivity index (χ3n) is 2.63. The van der Waals surface area contributed by atoms with Gasteiger partial charge in [0.1, 0.15) is 5.69 Å². The molecule has 1 aliphatic rings. The molecule has 0 atom stereocenters. The van der Waals surface area contributed by atoms with Gasteiger partial charge in [-0.2, -0.15) is 0 Å². The summed E-state index contributed by atoms with van der Waals surface area (Å²) in [5.41, 5.74) is 1.12. The lowest BCUT2D eigenvalue weighted by atomic mass is 10.3. The molecule has 1 N–H and O–H groups in total. The molecule has 0 bridgehead atoms. The Labute approximate surface area is 88.6 Å². The van der Waals surface area contributed by atoms with E-state index in [4.69, 9.17) is 5.11 Å². The van der Waals surface area contributed by atoms with E-state index >= 15 is 0 Å². The second-order valence-electron chi connectivity index (χ2n) is 3.72. The van der Waals surface area contributed by atoms with Gasteiger partial charge < -0.3 is 10.0 Å². The zero-order valence-corrected chi connectivity index (χ0v) is 8.68. The Morgan fingerprint density at radius 2 is 2.33 bits per heavy atom. The third-order valence-corrected chi connectivity index (χ3v) is 2.63. The van der Waals surface area contributed by atoms with Crippen molar-refractivity contribution in [2.45, 2.75) is 25.8 Å². The van der Waals surface area contributed by atoms with Crippen LogP contribution < -0.4 is 4.90 Å². The number of carbonyl (C=O) groups is 1. The summed E-state index contributed by atoms with van der Waals surface area (Å²) in [6.07, 6.45) is 4.11. The number of nitrogens with zero attached hydrogens (tertiary/aromatic N) is 2. The number of aromatic carboxylic acids is 1. The first-order valence-electron chi connectivity index (χ1n) is 5.18. The van der Waals surface area contributed by atoms with Gasteiger partial charge in [-0.05, 0) is 31.9 Å². The van der Waals surface area contributed by atoms with Gasteiger partial charge in [-0.1, -0.05) is 0 Å². The first kappa shape index (κ1) is 9.96. The Morgan fingerprint density at radius 3 is 2.73 bits per heavy atom. The largest absolute Gasteiger partial charge is 0.477 e. The molecule has 0 aliphatic heterocycles. The van der Waals surface area contributed by atoms with Gasteiger partial charge in [0.2, 0.25) is 0 Å². The van der Waals surface area contributed by atoms with Crippen LogP contribution in [0.5, 0.6) is 0 Å².